The maximum Gasteiger partial charge on any atom is 0.229 e. The Morgan fingerprint density at radius 3 is 2.69 bits per heavy atom. The van der Waals surface area contributed by atoms with Gasteiger partial charge in [0.05, 0.1) is 34.7 Å². The quantitative estimate of drug-likeness (QED) is 0.686. The molecule has 4 rings (SSSR count). The summed E-state index contributed by atoms with van der Waals surface area (Å²) in [5.41, 5.74) is 1.07. The van der Waals surface area contributed by atoms with E-state index >= 15 is 0 Å². The van der Waals surface area contributed by atoms with E-state index < -0.39 is 17.3 Å². The number of halogens is 1. The lowest BCUT2D eigenvalue weighted by Gasteiger charge is -2.29. The zero-order chi connectivity index (χ0) is 20.6. The summed E-state index contributed by atoms with van der Waals surface area (Å²) in [5.74, 6) is -0.379. The molecule has 2 N–H and O–H groups in total. The normalized spacial score (nSPS) is 16.1. The van der Waals surface area contributed by atoms with Crippen LogP contribution in [0.5, 0.6) is 0 Å². The molecular formula is C22H21FN4O2. The number of rotatable bonds is 5. The molecule has 0 saturated heterocycles. The third kappa shape index (κ3) is 3.71. The molecule has 0 spiro atoms. The Kier molecular flexibility index (Phi) is 4.81. The monoisotopic (exact) mass is 392 g/mol. The van der Waals surface area contributed by atoms with Crippen molar-refractivity contribution in [3.05, 3.63) is 59.4 Å². The van der Waals surface area contributed by atoms with Crippen LogP contribution in [0.15, 0.2) is 42.5 Å². The number of nitrogens with zero attached hydrogens (tertiary/aromatic N) is 3. The Hall–Kier alpha value is -3.24. The summed E-state index contributed by atoms with van der Waals surface area (Å²) in [7, 11) is 0. The lowest BCUT2D eigenvalue weighted by atomic mass is 9.92. The van der Waals surface area contributed by atoms with Crippen molar-refractivity contribution in [3.8, 4) is 6.07 Å². The molecule has 2 aromatic carbocycles. The molecule has 1 atom stereocenters. The molecule has 29 heavy (non-hydrogen) atoms. The molecule has 148 valence electrons. The fraction of sp³-hybridized carbons (Fsp3) is 0.318. The van der Waals surface area contributed by atoms with Gasteiger partial charge >= 0.3 is 0 Å². The van der Waals surface area contributed by atoms with Crippen molar-refractivity contribution in [2.24, 2.45) is 0 Å². The van der Waals surface area contributed by atoms with Crippen molar-refractivity contribution in [2.75, 3.05) is 5.32 Å². The Balaban J connectivity index is 1.60. The van der Waals surface area contributed by atoms with E-state index in [0.29, 0.717) is 22.6 Å². The van der Waals surface area contributed by atoms with Crippen molar-refractivity contribution in [1.82, 2.24) is 9.55 Å². The first kappa shape index (κ1) is 19.1. The number of imidazole rings is 1. The number of nitriles is 1. The molecule has 1 aliphatic carbocycles. The van der Waals surface area contributed by atoms with Gasteiger partial charge < -0.3 is 9.67 Å². The summed E-state index contributed by atoms with van der Waals surface area (Å²) in [6.07, 6.45) is 2.88. The summed E-state index contributed by atoms with van der Waals surface area (Å²) in [4.78, 5) is 17.2. The first-order valence-corrected chi connectivity index (χ1v) is 9.58. The fourth-order valence-corrected chi connectivity index (χ4v) is 3.66. The zero-order valence-corrected chi connectivity index (χ0v) is 16.0. The van der Waals surface area contributed by atoms with E-state index in [-0.39, 0.29) is 12.5 Å². The Morgan fingerprint density at radius 1 is 1.34 bits per heavy atom. The molecule has 0 bridgehead atoms. The van der Waals surface area contributed by atoms with E-state index in [4.69, 9.17) is 0 Å². The largest absolute Gasteiger partial charge is 0.385 e. The van der Waals surface area contributed by atoms with Gasteiger partial charge in [0, 0.05) is 6.04 Å². The molecule has 3 aromatic rings. The number of hydrogen-bond acceptors (Lipinski definition) is 4. The SMILES string of the molecule is C[C@](O)(CC(=O)Nc1nc2ccc(C#N)cc2n1C1CCC1)c1ccc(F)cc1. The molecule has 1 amide bonds. The van der Waals surface area contributed by atoms with Gasteiger partial charge in [-0.3, -0.25) is 10.1 Å². The van der Waals surface area contributed by atoms with Gasteiger partial charge in [-0.25, -0.2) is 9.37 Å². The maximum atomic E-state index is 13.1. The topological polar surface area (TPSA) is 90.9 Å². The predicted octanol–water partition coefficient (Wildman–Crippen LogP) is 4.01. The maximum absolute atomic E-state index is 13.1. The second kappa shape index (κ2) is 7.30. The second-order valence-corrected chi connectivity index (χ2v) is 7.71. The highest BCUT2D eigenvalue weighted by Crippen LogP contribution is 2.37. The van der Waals surface area contributed by atoms with Gasteiger partial charge in [0.1, 0.15) is 5.82 Å². The molecular weight excluding hydrogens is 371 g/mol. The molecule has 6 nitrogen and oxygen atoms in total. The number of aliphatic hydroxyl groups is 1. The molecule has 1 saturated carbocycles. The number of amides is 1. The van der Waals surface area contributed by atoms with Crippen LogP contribution < -0.4 is 5.32 Å². The molecule has 0 aliphatic heterocycles. The Morgan fingerprint density at radius 2 is 2.07 bits per heavy atom. The molecule has 7 heteroatoms. The highest BCUT2D eigenvalue weighted by molar-refractivity contribution is 5.92. The van der Waals surface area contributed by atoms with Gasteiger partial charge in [0.2, 0.25) is 11.9 Å². The number of fused-ring (bicyclic) bond motifs is 1. The average Bonchev–Trinajstić information content (AvgIpc) is 2.97. The standard InChI is InChI=1S/C22H21FN4O2/c1-22(29,15-6-8-16(23)9-7-15)12-20(28)26-21-25-18-10-5-14(13-24)11-19(18)27(21)17-3-2-4-17/h5-11,17,29H,2-4,12H2,1H3,(H,25,26,28)/t22-/m0/s1. The summed E-state index contributed by atoms with van der Waals surface area (Å²) >= 11 is 0. The van der Waals surface area contributed by atoms with Crippen molar-refractivity contribution >= 4 is 22.9 Å². The van der Waals surface area contributed by atoms with Gasteiger partial charge in [-0.1, -0.05) is 12.1 Å². The summed E-state index contributed by atoms with van der Waals surface area (Å²) < 4.78 is 15.1. The molecule has 1 fully saturated rings. The Bertz CT molecular complexity index is 1110. The lowest BCUT2D eigenvalue weighted by Crippen LogP contribution is -2.30. The highest BCUT2D eigenvalue weighted by atomic mass is 19.1. The smallest absolute Gasteiger partial charge is 0.229 e. The van der Waals surface area contributed by atoms with Gasteiger partial charge in [-0.2, -0.15) is 5.26 Å². The van der Waals surface area contributed by atoms with Crippen molar-refractivity contribution in [2.45, 2.75) is 44.2 Å². The number of nitrogens with one attached hydrogen (secondary N) is 1. The zero-order valence-electron chi connectivity index (χ0n) is 16.0. The van der Waals surface area contributed by atoms with Gasteiger partial charge in [0.25, 0.3) is 0 Å². The average molecular weight is 392 g/mol. The van der Waals surface area contributed by atoms with Gasteiger partial charge in [-0.15, -0.1) is 0 Å². The molecule has 0 radical (unpaired) electrons. The number of anilines is 1. The van der Waals surface area contributed by atoms with Crippen LogP contribution in [0.2, 0.25) is 0 Å². The molecule has 1 heterocycles. The third-order valence-electron chi connectivity index (χ3n) is 5.48. The van der Waals surface area contributed by atoms with E-state index in [1.165, 1.54) is 31.2 Å². The molecule has 1 aliphatic rings. The third-order valence-corrected chi connectivity index (χ3v) is 5.48. The summed E-state index contributed by atoms with van der Waals surface area (Å²) in [6, 6.07) is 13.1. The van der Waals surface area contributed by atoms with Crippen LogP contribution in [0.25, 0.3) is 11.0 Å². The van der Waals surface area contributed by atoms with Crippen molar-refractivity contribution in [1.29, 1.82) is 5.26 Å². The van der Waals surface area contributed by atoms with Gasteiger partial charge in [0.15, 0.2) is 0 Å². The van der Waals surface area contributed by atoms with Crippen LogP contribution in [0, 0.1) is 17.1 Å². The predicted molar refractivity (Wildman–Crippen MR) is 107 cm³/mol. The minimum atomic E-state index is -1.45. The molecule has 1 aromatic heterocycles. The summed E-state index contributed by atoms with van der Waals surface area (Å²) in [6.45, 7) is 1.52. The highest BCUT2D eigenvalue weighted by Gasteiger charge is 2.29. The first-order valence-electron chi connectivity index (χ1n) is 9.58. The number of hydrogen-bond donors (Lipinski definition) is 2. The molecule has 0 unspecified atom stereocenters. The minimum absolute atomic E-state index is 0.198. The number of aromatic nitrogens is 2. The van der Waals surface area contributed by atoms with Crippen LogP contribution in [0.1, 0.15) is 49.8 Å². The van der Waals surface area contributed by atoms with Crippen LogP contribution in [0.4, 0.5) is 10.3 Å². The second-order valence-electron chi connectivity index (χ2n) is 7.71. The van der Waals surface area contributed by atoms with E-state index in [1.54, 1.807) is 18.2 Å². The van der Waals surface area contributed by atoms with Crippen LogP contribution in [0.3, 0.4) is 0 Å². The van der Waals surface area contributed by atoms with E-state index in [1.807, 2.05) is 4.57 Å². The summed E-state index contributed by atoms with van der Waals surface area (Å²) in [5, 5.41) is 22.7. The number of carbonyl (C=O) groups excluding carboxylic acids is 1. The van der Waals surface area contributed by atoms with Crippen LogP contribution in [-0.4, -0.2) is 20.6 Å². The van der Waals surface area contributed by atoms with E-state index in [0.717, 1.165) is 24.8 Å². The van der Waals surface area contributed by atoms with Crippen LogP contribution in [-0.2, 0) is 10.4 Å². The van der Waals surface area contributed by atoms with E-state index in [2.05, 4.69) is 16.4 Å². The van der Waals surface area contributed by atoms with E-state index in [9.17, 15) is 19.6 Å². The van der Waals surface area contributed by atoms with Crippen molar-refractivity contribution in [3.63, 3.8) is 0 Å². The minimum Gasteiger partial charge on any atom is -0.385 e. The van der Waals surface area contributed by atoms with Gasteiger partial charge in [-0.05, 0) is 62.1 Å². The Labute approximate surface area is 167 Å². The van der Waals surface area contributed by atoms with Crippen LogP contribution >= 0.6 is 0 Å². The lowest BCUT2D eigenvalue weighted by molar-refractivity contribution is -0.120. The number of benzene rings is 2. The first-order chi connectivity index (χ1) is 13.9. The number of carbonyl (C=O) groups is 1. The fourth-order valence-electron chi connectivity index (χ4n) is 3.66. The van der Waals surface area contributed by atoms with Crippen molar-refractivity contribution < 1.29 is 14.3 Å².